The number of carbonyl (C=O) groups is 3. The monoisotopic (exact) mass is 486 g/mol. The van der Waals surface area contributed by atoms with Crippen molar-refractivity contribution in [1.29, 1.82) is 0 Å². The van der Waals surface area contributed by atoms with Gasteiger partial charge in [-0.2, -0.15) is 5.10 Å². The van der Waals surface area contributed by atoms with Gasteiger partial charge in [-0.05, 0) is 12.5 Å². The molecule has 4 rings (SSSR count). The Balaban J connectivity index is 1.49. The molecule has 158 valence electrons. The number of hydrogen-bond acceptors (Lipinski definition) is 9. The molecule has 14 heteroatoms. The zero-order valence-corrected chi connectivity index (χ0v) is 18.9. The maximum Gasteiger partial charge on any atom is 0.352 e. The van der Waals surface area contributed by atoms with E-state index >= 15 is 0 Å². The van der Waals surface area contributed by atoms with Gasteiger partial charge in [0, 0.05) is 24.8 Å². The topological polar surface area (TPSA) is 130 Å². The molecule has 1 saturated heterocycles. The Hall–Kier alpha value is -2.09. The first-order chi connectivity index (χ1) is 14.3. The van der Waals surface area contributed by atoms with E-state index in [9.17, 15) is 19.5 Å². The van der Waals surface area contributed by atoms with Crippen LogP contribution in [-0.4, -0.2) is 70.7 Å². The van der Waals surface area contributed by atoms with Crippen LogP contribution in [0.1, 0.15) is 15.5 Å². The first-order valence-corrected chi connectivity index (χ1v) is 11.8. The van der Waals surface area contributed by atoms with Gasteiger partial charge in [0.25, 0.3) is 11.8 Å². The molecule has 0 saturated carbocycles. The van der Waals surface area contributed by atoms with Crippen molar-refractivity contribution in [1.82, 2.24) is 30.2 Å². The van der Waals surface area contributed by atoms with Crippen LogP contribution < -0.4 is 5.32 Å². The van der Waals surface area contributed by atoms with Crippen molar-refractivity contribution < 1.29 is 19.5 Å². The van der Waals surface area contributed by atoms with Gasteiger partial charge in [0.1, 0.15) is 22.1 Å². The molecule has 0 aromatic carbocycles. The molecule has 2 aliphatic rings. The number of hydrogen-bond donors (Lipinski definition) is 2. The number of halogens is 1. The Labute approximate surface area is 188 Å². The number of aliphatic carboxylic acids is 1. The summed E-state index contributed by atoms with van der Waals surface area (Å²) in [6.07, 6.45) is 1.48. The number of thioether (sulfide) groups is 2. The lowest BCUT2D eigenvalue weighted by Gasteiger charge is -2.49. The molecular weight excluding hydrogens is 472 g/mol. The average Bonchev–Trinajstić information content (AvgIpc) is 3.27. The van der Waals surface area contributed by atoms with Crippen molar-refractivity contribution >= 4 is 64.2 Å². The summed E-state index contributed by atoms with van der Waals surface area (Å²) in [6, 6.07) is -0.838. The summed E-state index contributed by atoms with van der Waals surface area (Å²) in [4.78, 5) is 38.3. The highest BCUT2D eigenvalue weighted by atomic mass is 35.5. The Morgan fingerprint density at radius 3 is 2.80 bits per heavy atom. The number of β-lactam (4-membered cyclic amide) rings is 1. The van der Waals surface area contributed by atoms with Crippen LogP contribution >= 0.6 is 46.5 Å². The van der Waals surface area contributed by atoms with Crippen LogP contribution in [0.25, 0.3) is 0 Å². The normalized spacial score (nSPS) is 20.8. The fraction of sp³-hybridized carbons (Fsp3) is 0.375. The second-order valence-electron chi connectivity index (χ2n) is 6.49. The van der Waals surface area contributed by atoms with E-state index in [0.29, 0.717) is 17.1 Å². The summed E-state index contributed by atoms with van der Waals surface area (Å²) in [7, 11) is 1.63. The third-order valence-corrected chi connectivity index (χ3v) is 8.09. The highest BCUT2D eigenvalue weighted by Gasteiger charge is 2.54. The zero-order chi connectivity index (χ0) is 21.6. The minimum Gasteiger partial charge on any atom is -0.477 e. The van der Waals surface area contributed by atoms with Crippen molar-refractivity contribution in [3.05, 3.63) is 33.2 Å². The minimum absolute atomic E-state index is 0.0182. The lowest BCUT2D eigenvalue weighted by Crippen LogP contribution is -2.70. The predicted molar refractivity (Wildman–Crippen MR) is 113 cm³/mol. The van der Waals surface area contributed by atoms with Gasteiger partial charge in [-0.1, -0.05) is 34.7 Å². The Kier molecular flexibility index (Phi) is 5.79. The molecule has 0 spiro atoms. The summed E-state index contributed by atoms with van der Waals surface area (Å²) in [5.41, 5.74) is 0.621. The van der Waals surface area contributed by atoms with Crippen LogP contribution in [-0.2, 0) is 16.6 Å². The first-order valence-electron chi connectivity index (χ1n) is 8.59. The smallest absolute Gasteiger partial charge is 0.352 e. The third-order valence-electron chi connectivity index (χ3n) is 4.41. The van der Waals surface area contributed by atoms with Crippen molar-refractivity contribution in [2.75, 3.05) is 11.5 Å². The molecule has 2 atom stereocenters. The van der Waals surface area contributed by atoms with Crippen LogP contribution in [0.4, 0.5) is 0 Å². The number of aryl methyl sites for hydroxylation is 2. The highest BCUT2D eigenvalue weighted by molar-refractivity contribution is 8.01. The van der Waals surface area contributed by atoms with Crippen molar-refractivity contribution in [3.8, 4) is 0 Å². The Morgan fingerprint density at radius 1 is 1.43 bits per heavy atom. The zero-order valence-electron chi connectivity index (χ0n) is 15.7. The number of aromatic nitrogens is 4. The lowest BCUT2D eigenvalue weighted by atomic mass is 10.0. The van der Waals surface area contributed by atoms with Crippen LogP contribution in [0, 0.1) is 6.92 Å². The molecule has 2 amide bonds. The van der Waals surface area contributed by atoms with Crippen LogP contribution in [0.2, 0.25) is 5.02 Å². The summed E-state index contributed by atoms with van der Waals surface area (Å²) in [6.45, 7) is 1.84. The lowest BCUT2D eigenvalue weighted by molar-refractivity contribution is -0.148. The van der Waals surface area contributed by atoms with Crippen molar-refractivity contribution in [2.24, 2.45) is 7.05 Å². The van der Waals surface area contributed by atoms with Gasteiger partial charge in [-0.3, -0.25) is 19.2 Å². The molecular formula is C16H15ClN6O4S3. The molecule has 2 unspecified atom stereocenters. The number of nitrogens with one attached hydrogen (secondary N) is 1. The summed E-state index contributed by atoms with van der Waals surface area (Å²) in [5.74, 6) is -1.40. The van der Waals surface area contributed by atoms with Gasteiger partial charge < -0.3 is 10.4 Å². The summed E-state index contributed by atoms with van der Waals surface area (Å²) < 4.78 is 2.14. The predicted octanol–water partition coefficient (Wildman–Crippen LogP) is 1.38. The first kappa shape index (κ1) is 21.2. The number of nitrogens with zero attached hydrogens (tertiary/aromatic N) is 5. The van der Waals surface area contributed by atoms with E-state index in [2.05, 4.69) is 20.6 Å². The molecule has 1 fully saturated rings. The maximum atomic E-state index is 12.7. The second-order valence-corrected chi connectivity index (χ2v) is 10.4. The molecule has 10 nitrogen and oxygen atoms in total. The van der Waals surface area contributed by atoms with Gasteiger partial charge in [0.15, 0.2) is 10.0 Å². The largest absolute Gasteiger partial charge is 0.477 e. The van der Waals surface area contributed by atoms with E-state index in [1.807, 2.05) is 6.92 Å². The molecule has 0 radical (unpaired) electrons. The second kappa shape index (κ2) is 8.21. The number of amides is 2. The summed E-state index contributed by atoms with van der Waals surface area (Å²) >= 11 is 10.2. The summed E-state index contributed by atoms with van der Waals surface area (Å²) in [5, 5.41) is 24.8. The molecule has 0 bridgehead atoms. The van der Waals surface area contributed by atoms with E-state index in [-0.39, 0.29) is 16.4 Å². The van der Waals surface area contributed by atoms with Gasteiger partial charge in [-0.25, -0.2) is 4.79 Å². The fourth-order valence-corrected chi connectivity index (χ4v) is 6.67. The van der Waals surface area contributed by atoms with E-state index in [1.165, 1.54) is 50.6 Å². The van der Waals surface area contributed by atoms with Gasteiger partial charge in [-0.15, -0.1) is 22.0 Å². The van der Waals surface area contributed by atoms with Gasteiger partial charge in [0.05, 0.1) is 5.02 Å². The van der Waals surface area contributed by atoms with Crippen molar-refractivity contribution in [3.63, 3.8) is 0 Å². The SMILES string of the molecule is Cc1nnc(SCC2=C(C(=O)O)N3C(=O)C(NC(=O)c4nn(C)cc4Cl)C3SC2)s1. The van der Waals surface area contributed by atoms with Crippen LogP contribution in [0.15, 0.2) is 21.8 Å². The van der Waals surface area contributed by atoms with Gasteiger partial charge >= 0.3 is 5.97 Å². The Morgan fingerprint density at radius 2 is 2.20 bits per heavy atom. The van der Waals surface area contributed by atoms with E-state index in [0.717, 1.165) is 9.35 Å². The molecule has 2 aliphatic heterocycles. The molecule has 2 N–H and O–H groups in total. The number of carboxylic acid groups (broad SMARTS) is 1. The standard InChI is InChI=1S/C16H15ClN6O4S3/c1-6-19-20-16(30-6)29-5-7-4-28-14-10(13(25)23(14)11(7)15(26)27)18-12(24)9-8(17)3-22(2)21-9/h3,10,14H,4-5H2,1-2H3,(H,18,24)(H,26,27). The number of carboxylic acids is 1. The van der Waals surface area contributed by atoms with Crippen molar-refractivity contribution in [2.45, 2.75) is 22.7 Å². The minimum atomic E-state index is -1.17. The fourth-order valence-electron chi connectivity index (χ4n) is 3.10. The Bertz CT molecular complexity index is 1080. The molecule has 2 aromatic heterocycles. The third kappa shape index (κ3) is 3.82. The molecule has 2 aromatic rings. The quantitative estimate of drug-likeness (QED) is 0.459. The average molecular weight is 487 g/mol. The van der Waals surface area contributed by atoms with E-state index < -0.39 is 29.2 Å². The van der Waals surface area contributed by atoms with Gasteiger partial charge in [0.2, 0.25) is 0 Å². The highest BCUT2D eigenvalue weighted by Crippen LogP contribution is 2.41. The molecule has 4 heterocycles. The van der Waals surface area contributed by atoms with E-state index in [1.54, 1.807) is 7.05 Å². The van der Waals surface area contributed by atoms with E-state index in [4.69, 9.17) is 11.6 Å². The molecule has 30 heavy (non-hydrogen) atoms. The number of fused-ring (bicyclic) bond motifs is 1. The van der Waals surface area contributed by atoms with Crippen LogP contribution in [0.3, 0.4) is 0 Å². The van der Waals surface area contributed by atoms with Crippen LogP contribution in [0.5, 0.6) is 0 Å². The maximum absolute atomic E-state index is 12.7. The number of rotatable bonds is 6. The number of carbonyl (C=O) groups excluding carboxylic acids is 2. The molecule has 0 aliphatic carbocycles.